The lowest BCUT2D eigenvalue weighted by atomic mass is 9.93. The highest BCUT2D eigenvalue weighted by molar-refractivity contribution is 5.92. The summed E-state index contributed by atoms with van der Waals surface area (Å²) in [6.45, 7) is 14.6. The second kappa shape index (κ2) is 5.79. The maximum atomic E-state index is 12.3. The summed E-state index contributed by atoms with van der Waals surface area (Å²) in [6, 6.07) is 2.43. The van der Waals surface area contributed by atoms with E-state index in [0.717, 1.165) is 18.8 Å². The van der Waals surface area contributed by atoms with Crippen LogP contribution in [0, 0.1) is 5.92 Å². The molecule has 1 saturated heterocycles. The third kappa shape index (κ3) is 3.64. The van der Waals surface area contributed by atoms with Crippen LogP contribution in [0.4, 0.5) is 0 Å². The van der Waals surface area contributed by atoms with E-state index in [0.29, 0.717) is 17.7 Å². The van der Waals surface area contributed by atoms with Gasteiger partial charge in [0.2, 0.25) is 0 Å². The van der Waals surface area contributed by atoms with Gasteiger partial charge in [0.05, 0.1) is 0 Å². The molecule has 118 valence electrons. The van der Waals surface area contributed by atoms with Gasteiger partial charge in [-0.1, -0.05) is 32.9 Å². The van der Waals surface area contributed by atoms with Crippen LogP contribution in [0.25, 0.3) is 0 Å². The molecule has 0 radical (unpaired) electrons. The number of aromatic nitrogens is 1. The number of likely N-dealkylation sites (tertiary alicyclic amines) is 1. The average molecular weight is 293 g/mol. The molecule has 0 bridgehead atoms. The van der Waals surface area contributed by atoms with Gasteiger partial charge in [0, 0.05) is 36.7 Å². The van der Waals surface area contributed by atoms with Gasteiger partial charge in [0.1, 0.15) is 5.76 Å². The maximum absolute atomic E-state index is 12.3. The predicted molar refractivity (Wildman–Crippen MR) is 82.3 cm³/mol. The number of carbonyl (C=O) groups excluding carboxylic acids is 1. The van der Waals surface area contributed by atoms with Crippen molar-refractivity contribution in [2.45, 2.75) is 59.0 Å². The van der Waals surface area contributed by atoms with Crippen molar-refractivity contribution in [3.05, 3.63) is 17.5 Å². The molecule has 1 aliphatic rings. The molecule has 1 aromatic rings. The number of nitrogens with one attached hydrogen (secondary N) is 1. The maximum Gasteiger partial charge on any atom is 0.273 e. The average Bonchev–Trinajstić information content (AvgIpc) is 2.96. The number of nitrogens with zero attached hydrogens (tertiary/aromatic N) is 2. The van der Waals surface area contributed by atoms with Crippen LogP contribution in [0.2, 0.25) is 0 Å². The Bertz CT molecular complexity index is 502. The first kappa shape index (κ1) is 16.0. The highest BCUT2D eigenvalue weighted by Gasteiger charge is 2.32. The van der Waals surface area contributed by atoms with Gasteiger partial charge in [0.15, 0.2) is 5.69 Å². The van der Waals surface area contributed by atoms with E-state index in [2.05, 4.69) is 36.1 Å². The molecule has 0 aromatic carbocycles. The third-order valence-corrected chi connectivity index (χ3v) is 4.17. The summed E-state index contributed by atoms with van der Waals surface area (Å²) in [4.78, 5) is 14.7. The molecule has 0 unspecified atom stereocenters. The number of hydrogen-bond acceptors (Lipinski definition) is 4. The summed E-state index contributed by atoms with van der Waals surface area (Å²) >= 11 is 0. The van der Waals surface area contributed by atoms with E-state index in [1.165, 1.54) is 0 Å². The fourth-order valence-electron chi connectivity index (χ4n) is 2.59. The molecule has 0 saturated carbocycles. The SMILES string of the molecule is CC(C)N1C[C@@H](C)[C@@H](NC(=O)c2cc(C(C)(C)C)on2)C1. The molecule has 0 aliphatic carbocycles. The molecule has 0 spiro atoms. The van der Waals surface area contributed by atoms with Crippen molar-refractivity contribution in [1.29, 1.82) is 0 Å². The van der Waals surface area contributed by atoms with Crippen molar-refractivity contribution in [3.8, 4) is 0 Å². The highest BCUT2D eigenvalue weighted by Crippen LogP contribution is 2.23. The van der Waals surface area contributed by atoms with Crippen LogP contribution in [0.3, 0.4) is 0 Å². The van der Waals surface area contributed by atoms with Gasteiger partial charge in [-0.2, -0.15) is 0 Å². The molecule has 2 atom stereocenters. The zero-order valence-corrected chi connectivity index (χ0v) is 13.9. The van der Waals surface area contributed by atoms with Gasteiger partial charge in [-0.05, 0) is 19.8 Å². The van der Waals surface area contributed by atoms with E-state index in [-0.39, 0.29) is 17.4 Å². The summed E-state index contributed by atoms with van der Waals surface area (Å²) in [5.41, 5.74) is 0.232. The topological polar surface area (TPSA) is 58.4 Å². The number of carbonyl (C=O) groups is 1. The van der Waals surface area contributed by atoms with Crippen LogP contribution in [0.1, 0.15) is 57.8 Å². The lowest BCUT2D eigenvalue weighted by Gasteiger charge is -2.20. The van der Waals surface area contributed by atoms with Gasteiger partial charge in [-0.25, -0.2) is 0 Å². The Hall–Kier alpha value is -1.36. The van der Waals surface area contributed by atoms with Crippen LogP contribution in [-0.4, -0.2) is 41.1 Å². The van der Waals surface area contributed by atoms with Crippen molar-refractivity contribution < 1.29 is 9.32 Å². The summed E-state index contributed by atoms with van der Waals surface area (Å²) in [6.07, 6.45) is 0. The molecule has 2 rings (SSSR count). The minimum Gasteiger partial charge on any atom is -0.360 e. The van der Waals surface area contributed by atoms with E-state index in [1.807, 2.05) is 20.8 Å². The van der Waals surface area contributed by atoms with Gasteiger partial charge in [-0.15, -0.1) is 0 Å². The van der Waals surface area contributed by atoms with Gasteiger partial charge in [-0.3, -0.25) is 9.69 Å². The Balaban J connectivity index is 2.00. The largest absolute Gasteiger partial charge is 0.360 e. The summed E-state index contributed by atoms with van der Waals surface area (Å²) in [5, 5.41) is 6.99. The standard InChI is InChI=1S/C16H27N3O2/c1-10(2)19-8-11(3)13(9-19)17-15(20)12-7-14(21-18-12)16(4,5)6/h7,10-11,13H,8-9H2,1-6H3,(H,17,20)/t11-,13+/m1/s1. The molecule has 1 N–H and O–H groups in total. The first-order valence-corrected chi connectivity index (χ1v) is 7.70. The van der Waals surface area contributed by atoms with Crippen LogP contribution < -0.4 is 5.32 Å². The fourth-order valence-corrected chi connectivity index (χ4v) is 2.59. The molecule has 1 aromatic heterocycles. The zero-order valence-electron chi connectivity index (χ0n) is 13.9. The summed E-state index contributed by atoms with van der Waals surface area (Å²) in [5.74, 6) is 1.04. The number of hydrogen-bond donors (Lipinski definition) is 1. The monoisotopic (exact) mass is 293 g/mol. The van der Waals surface area contributed by atoms with E-state index in [4.69, 9.17) is 4.52 Å². The second-order valence-corrected chi connectivity index (χ2v) is 7.43. The van der Waals surface area contributed by atoms with Crippen molar-refractivity contribution in [2.75, 3.05) is 13.1 Å². The van der Waals surface area contributed by atoms with Crippen LogP contribution in [0.15, 0.2) is 10.6 Å². The predicted octanol–water partition coefficient (Wildman–Crippen LogP) is 2.43. The van der Waals surface area contributed by atoms with Gasteiger partial charge >= 0.3 is 0 Å². The Morgan fingerprint density at radius 3 is 2.57 bits per heavy atom. The quantitative estimate of drug-likeness (QED) is 0.930. The van der Waals surface area contributed by atoms with Crippen molar-refractivity contribution in [3.63, 3.8) is 0 Å². The fraction of sp³-hybridized carbons (Fsp3) is 0.750. The van der Waals surface area contributed by atoms with Gasteiger partial charge in [0.25, 0.3) is 5.91 Å². The van der Waals surface area contributed by atoms with Crippen molar-refractivity contribution in [1.82, 2.24) is 15.4 Å². The smallest absolute Gasteiger partial charge is 0.273 e. The van der Waals surface area contributed by atoms with Crippen LogP contribution in [-0.2, 0) is 5.41 Å². The third-order valence-electron chi connectivity index (χ3n) is 4.17. The van der Waals surface area contributed by atoms with Crippen LogP contribution >= 0.6 is 0 Å². The normalized spacial score (nSPS) is 23.8. The molecular weight excluding hydrogens is 266 g/mol. The van der Waals surface area contributed by atoms with Crippen LogP contribution in [0.5, 0.6) is 0 Å². The molecule has 21 heavy (non-hydrogen) atoms. The molecule has 2 heterocycles. The van der Waals surface area contributed by atoms with E-state index in [9.17, 15) is 4.79 Å². The molecular formula is C16H27N3O2. The first-order chi connectivity index (χ1) is 9.68. The van der Waals surface area contributed by atoms with E-state index < -0.39 is 0 Å². The molecule has 5 heteroatoms. The van der Waals surface area contributed by atoms with Crippen molar-refractivity contribution >= 4 is 5.91 Å². The Morgan fingerprint density at radius 2 is 2.10 bits per heavy atom. The Kier molecular flexibility index (Phi) is 4.42. The van der Waals surface area contributed by atoms with E-state index in [1.54, 1.807) is 6.07 Å². The summed E-state index contributed by atoms with van der Waals surface area (Å²) < 4.78 is 5.28. The zero-order chi connectivity index (χ0) is 15.8. The number of amides is 1. The summed E-state index contributed by atoms with van der Waals surface area (Å²) in [7, 11) is 0. The minimum absolute atomic E-state index is 0.138. The molecule has 1 fully saturated rings. The second-order valence-electron chi connectivity index (χ2n) is 7.43. The Labute approximate surface area is 127 Å². The first-order valence-electron chi connectivity index (χ1n) is 7.70. The molecule has 5 nitrogen and oxygen atoms in total. The minimum atomic E-state index is -0.142. The molecule has 1 amide bonds. The highest BCUT2D eigenvalue weighted by atomic mass is 16.5. The van der Waals surface area contributed by atoms with Gasteiger partial charge < -0.3 is 9.84 Å². The lowest BCUT2D eigenvalue weighted by Crippen LogP contribution is -2.40. The Morgan fingerprint density at radius 1 is 1.43 bits per heavy atom. The lowest BCUT2D eigenvalue weighted by molar-refractivity contribution is 0.0921. The van der Waals surface area contributed by atoms with Crippen molar-refractivity contribution in [2.24, 2.45) is 5.92 Å². The molecule has 1 aliphatic heterocycles. The number of rotatable bonds is 3. The van der Waals surface area contributed by atoms with E-state index >= 15 is 0 Å².